The summed E-state index contributed by atoms with van der Waals surface area (Å²) < 4.78 is 11.5. The lowest BCUT2D eigenvalue weighted by molar-refractivity contribution is 0.0839. The quantitative estimate of drug-likeness (QED) is 0.114. The van der Waals surface area contributed by atoms with Gasteiger partial charge in [0.15, 0.2) is 5.69 Å². The van der Waals surface area contributed by atoms with E-state index in [1.54, 1.807) is 41.0 Å². The van der Waals surface area contributed by atoms with Crippen LogP contribution in [-0.2, 0) is 17.9 Å². The average molecular weight is 725 g/mol. The first-order valence-corrected chi connectivity index (χ1v) is 20.9. The van der Waals surface area contributed by atoms with Crippen LogP contribution in [0.15, 0.2) is 71.8 Å². The maximum absolute atomic E-state index is 14.0. The second kappa shape index (κ2) is 13.9. The minimum atomic E-state index is -1.31. The van der Waals surface area contributed by atoms with Gasteiger partial charge in [0.1, 0.15) is 18.6 Å². The van der Waals surface area contributed by atoms with E-state index >= 15 is 0 Å². The standard InChI is InChI=1S/C37H41ClN8O4Si/c1-37(2,3)46(36(48)49)28-10-7-24(8-11-28)31-22-43(23-50-15-16-51(4,5)6)35(40-31)33-14-12-29-17-25(18-34(47)45(29)33)30-19-26(38)9-13-32(30)44-21-27(20-39)41-42-44/h7-11,13,17-19,21-22,33H,12,14-16,23H2,1-6H3,(H,48,49)/t33-/m0/s1. The predicted molar refractivity (Wildman–Crippen MR) is 199 cm³/mol. The van der Waals surface area contributed by atoms with Crippen molar-refractivity contribution in [3.8, 4) is 34.1 Å². The summed E-state index contributed by atoms with van der Waals surface area (Å²) in [7, 11) is -1.31. The Morgan fingerprint density at radius 3 is 2.49 bits per heavy atom. The molecule has 51 heavy (non-hydrogen) atoms. The largest absolute Gasteiger partial charge is 0.465 e. The van der Waals surface area contributed by atoms with Crippen molar-refractivity contribution < 1.29 is 14.6 Å². The highest BCUT2D eigenvalue weighted by atomic mass is 35.5. The highest BCUT2D eigenvalue weighted by Gasteiger charge is 2.31. The van der Waals surface area contributed by atoms with E-state index in [0.717, 1.165) is 17.3 Å². The third-order valence-electron chi connectivity index (χ3n) is 8.87. The van der Waals surface area contributed by atoms with Gasteiger partial charge in [-0.1, -0.05) is 48.6 Å². The molecule has 1 aliphatic rings. The SMILES string of the molecule is CC(C)(C)N(C(=O)O)c1ccc(-c2cn(COCC[Si](C)(C)C)c([C@@H]3CCc4cc(-c5cc(Cl)ccc5-n5cc(C#N)nn5)cc(=O)n43)n2)cc1. The Morgan fingerprint density at radius 2 is 1.84 bits per heavy atom. The van der Waals surface area contributed by atoms with E-state index in [9.17, 15) is 20.0 Å². The summed E-state index contributed by atoms with van der Waals surface area (Å²) in [5, 5.41) is 27.7. The first-order chi connectivity index (χ1) is 24.1. The third kappa shape index (κ3) is 7.68. The molecule has 1 atom stereocenters. The molecule has 2 aromatic carbocycles. The third-order valence-corrected chi connectivity index (χ3v) is 10.8. The number of rotatable bonds is 10. The fraction of sp³-hybridized carbons (Fsp3) is 0.351. The van der Waals surface area contributed by atoms with Gasteiger partial charge < -0.3 is 19.0 Å². The van der Waals surface area contributed by atoms with Crippen LogP contribution in [0.4, 0.5) is 10.5 Å². The van der Waals surface area contributed by atoms with E-state index in [-0.39, 0.29) is 24.0 Å². The number of hydrogen-bond acceptors (Lipinski definition) is 7. The van der Waals surface area contributed by atoms with Crippen molar-refractivity contribution in [2.75, 3.05) is 11.5 Å². The molecule has 0 aliphatic carbocycles. The summed E-state index contributed by atoms with van der Waals surface area (Å²) in [5.41, 5.74) is 4.35. The van der Waals surface area contributed by atoms with Crippen molar-refractivity contribution in [2.24, 2.45) is 0 Å². The maximum Gasteiger partial charge on any atom is 0.412 e. The van der Waals surface area contributed by atoms with Crippen LogP contribution in [0.25, 0.3) is 28.1 Å². The number of carboxylic acid groups (broad SMARTS) is 1. The van der Waals surface area contributed by atoms with Crippen LogP contribution in [0.1, 0.15) is 50.4 Å². The van der Waals surface area contributed by atoms with Crippen LogP contribution in [0.5, 0.6) is 0 Å². The molecule has 0 unspecified atom stereocenters. The molecule has 3 aromatic heterocycles. The lowest BCUT2D eigenvalue weighted by Crippen LogP contribution is -2.45. The van der Waals surface area contributed by atoms with Crippen LogP contribution >= 0.6 is 11.6 Å². The summed E-state index contributed by atoms with van der Waals surface area (Å²) in [6.45, 7) is 13.4. The van der Waals surface area contributed by atoms with Gasteiger partial charge >= 0.3 is 6.09 Å². The molecular weight excluding hydrogens is 684 g/mol. The Balaban J connectivity index is 1.37. The topological polar surface area (TPSA) is 144 Å². The number of ether oxygens (including phenoxy) is 1. The van der Waals surface area contributed by atoms with E-state index in [4.69, 9.17) is 21.3 Å². The average Bonchev–Trinajstić information content (AvgIpc) is 3.81. The Labute approximate surface area is 302 Å². The van der Waals surface area contributed by atoms with Gasteiger partial charge in [-0.2, -0.15) is 5.26 Å². The Hall–Kier alpha value is -5.03. The number of halogens is 1. The van der Waals surface area contributed by atoms with Gasteiger partial charge in [0.25, 0.3) is 5.56 Å². The first-order valence-electron chi connectivity index (χ1n) is 16.8. The number of amides is 1. The monoisotopic (exact) mass is 724 g/mol. The second-order valence-corrected chi connectivity index (χ2v) is 21.0. The highest BCUT2D eigenvalue weighted by molar-refractivity contribution is 6.76. The van der Waals surface area contributed by atoms with Gasteiger partial charge in [-0.25, -0.2) is 14.5 Å². The van der Waals surface area contributed by atoms with Crippen molar-refractivity contribution in [2.45, 2.75) is 77.6 Å². The van der Waals surface area contributed by atoms with Crippen LogP contribution < -0.4 is 10.5 Å². The smallest absolute Gasteiger partial charge is 0.412 e. The van der Waals surface area contributed by atoms with Crippen LogP contribution in [0, 0.1) is 11.3 Å². The van der Waals surface area contributed by atoms with Gasteiger partial charge in [-0.3, -0.25) is 9.69 Å². The summed E-state index contributed by atoms with van der Waals surface area (Å²) in [6, 6.07) is 18.9. The number of anilines is 1. The number of aromatic nitrogens is 6. The zero-order chi connectivity index (χ0) is 36.7. The molecular formula is C37H41ClN8O4Si. The molecule has 264 valence electrons. The molecule has 0 saturated carbocycles. The Kier molecular flexibility index (Phi) is 9.78. The molecule has 1 N–H and O–H groups in total. The molecule has 0 radical (unpaired) electrons. The predicted octanol–water partition coefficient (Wildman–Crippen LogP) is 7.62. The van der Waals surface area contributed by atoms with Crippen molar-refractivity contribution in [1.82, 2.24) is 29.1 Å². The molecule has 4 heterocycles. The Morgan fingerprint density at radius 1 is 1.10 bits per heavy atom. The van der Waals surface area contributed by atoms with Gasteiger partial charge in [0.2, 0.25) is 0 Å². The molecule has 0 fully saturated rings. The molecule has 0 spiro atoms. The van der Waals surface area contributed by atoms with Crippen molar-refractivity contribution in [3.05, 3.63) is 99.6 Å². The number of nitriles is 1. The summed E-state index contributed by atoms with van der Waals surface area (Å²) >= 11 is 6.42. The van der Waals surface area contributed by atoms with Crippen LogP contribution in [0.2, 0.25) is 30.7 Å². The number of pyridine rings is 1. The fourth-order valence-electron chi connectivity index (χ4n) is 6.41. The normalized spacial score (nSPS) is 14.4. The van der Waals surface area contributed by atoms with Crippen molar-refractivity contribution in [1.29, 1.82) is 5.26 Å². The second-order valence-electron chi connectivity index (χ2n) is 15.0. The van der Waals surface area contributed by atoms with Crippen molar-refractivity contribution in [3.63, 3.8) is 0 Å². The minimum Gasteiger partial charge on any atom is -0.465 e. The van der Waals surface area contributed by atoms with Crippen LogP contribution in [-0.4, -0.2) is 60.5 Å². The number of nitrogens with zero attached hydrogens (tertiary/aromatic N) is 8. The van der Waals surface area contributed by atoms with E-state index < -0.39 is 19.7 Å². The molecule has 12 nitrogen and oxygen atoms in total. The lowest BCUT2D eigenvalue weighted by Gasteiger charge is -2.33. The number of fused-ring (bicyclic) bond motifs is 1. The van der Waals surface area contributed by atoms with Gasteiger partial charge in [-0.05, 0) is 81.6 Å². The van der Waals surface area contributed by atoms with E-state index in [2.05, 4.69) is 30.0 Å². The molecule has 14 heteroatoms. The van der Waals surface area contributed by atoms with Gasteiger partial charge in [-0.15, -0.1) is 5.10 Å². The zero-order valence-corrected chi connectivity index (χ0v) is 31.3. The minimum absolute atomic E-state index is 0.176. The highest BCUT2D eigenvalue weighted by Crippen LogP contribution is 2.36. The number of benzene rings is 2. The maximum atomic E-state index is 14.0. The van der Waals surface area contributed by atoms with Crippen molar-refractivity contribution >= 4 is 31.5 Å². The molecule has 1 amide bonds. The Bertz CT molecular complexity index is 2190. The van der Waals surface area contributed by atoms with Crippen LogP contribution in [0.3, 0.4) is 0 Å². The molecule has 0 saturated heterocycles. The molecule has 6 rings (SSSR count). The molecule has 0 bridgehead atoms. The van der Waals surface area contributed by atoms with E-state index in [1.165, 1.54) is 15.8 Å². The fourth-order valence-corrected chi connectivity index (χ4v) is 7.34. The summed E-state index contributed by atoms with van der Waals surface area (Å²) in [4.78, 5) is 32.5. The summed E-state index contributed by atoms with van der Waals surface area (Å²) in [6.07, 6.45) is 3.77. The van der Waals surface area contributed by atoms with Gasteiger partial charge in [0.05, 0.1) is 23.6 Å². The number of imidazole rings is 1. The van der Waals surface area contributed by atoms with Gasteiger partial charge in [0, 0.05) is 60.0 Å². The number of hydrogen-bond donors (Lipinski definition) is 1. The zero-order valence-electron chi connectivity index (χ0n) is 29.6. The first kappa shape index (κ1) is 35.8. The van der Waals surface area contributed by atoms with E-state index in [1.807, 2.05) is 55.8 Å². The number of carbonyl (C=O) groups is 1. The lowest BCUT2D eigenvalue weighted by atomic mass is 10.0. The molecule has 1 aliphatic heterocycles. The number of aryl methyl sites for hydroxylation is 1. The van der Waals surface area contributed by atoms with E-state index in [0.29, 0.717) is 58.5 Å². The summed E-state index contributed by atoms with van der Waals surface area (Å²) in [5.74, 6) is 0.715. The molecule has 5 aromatic rings.